The number of carboxylic acid groups (broad SMARTS) is 1. The first kappa shape index (κ1) is 14.3. The van der Waals surface area contributed by atoms with Crippen LogP contribution >= 0.6 is 0 Å². The molecule has 0 aliphatic rings. The fraction of sp³-hybridized carbons (Fsp3) is 0.115. The van der Waals surface area contributed by atoms with Gasteiger partial charge in [0.2, 0.25) is 10.0 Å². The molecule has 1 aromatic heterocycles. The van der Waals surface area contributed by atoms with E-state index in [1.165, 1.54) is 36.4 Å². The van der Waals surface area contributed by atoms with Crippen LogP contribution < -0.4 is 4.72 Å². The number of carbonyl (C=O) groups is 1. The number of benzene rings is 3. The first-order valence-electron chi connectivity index (χ1n) is 13.7. The summed E-state index contributed by atoms with van der Waals surface area (Å²) in [5.74, 6) is 4.15. The normalized spacial score (nSPS) is 16.0. The van der Waals surface area contributed by atoms with E-state index in [2.05, 4.69) is 21.5 Å². The molecular formula is C26H22N2O4S. The predicted molar refractivity (Wildman–Crippen MR) is 127 cm³/mol. The molecule has 0 unspecified atom stereocenters. The molecule has 4 rings (SSSR count). The van der Waals surface area contributed by atoms with Gasteiger partial charge in [-0.3, -0.25) is 4.79 Å². The molecule has 33 heavy (non-hydrogen) atoms. The number of hydrogen-bond acceptors (Lipinski definition) is 3. The Labute approximate surface area is 203 Å². The lowest BCUT2D eigenvalue weighted by Crippen LogP contribution is -2.42. The third-order valence-corrected chi connectivity index (χ3v) is 6.22. The number of aromatic amines is 1. The monoisotopic (exact) mass is 466 g/mol. The molecule has 0 aliphatic carbocycles. The number of hydrogen-bond donors (Lipinski definition) is 3. The summed E-state index contributed by atoms with van der Waals surface area (Å²) in [4.78, 5) is 14.3. The van der Waals surface area contributed by atoms with Crippen molar-refractivity contribution < 1.29 is 29.3 Å². The smallest absolute Gasteiger partial charge is 0.322 e. The van der Waals surface area contributed by atoms with Crippen molar-refractivity contribution in [2.24, 2.45) is 0 Å². The second-order valence-corrected chi connectivity index (χ2v) is 8.76. The van der Waals surface area contributed by atoms with Crippen molar-refractivity contribution in [2.75, 3.05) is 0 Å². The van der Waals surface area contributed by atoms with Crippen molar-refractivity contribution >= 4 is 26.9 Å². The molecule has 0 saturated carbocycles. The minimum atomic E-state index is -4.36. The largest absolute Gasteiger partial charge is 0.480 e. The number of aromatic nitrogens is 1. The van der Waals surface area contributed by atoms with Gasteiger partial charge in [0.15, 0.2) is 0 Å². The van der Waals surface area contributed by atoms with E-state index in [-0.39, 0.29) is 33.1 Å². The van der Waals surface area contributed by atoms with Crippen LogP contribution in [0.25, 0.3) is 10.9 Å². The van der Waals surface area contributed by atoms with Crippen molar-refractivity contribution in [3.8, 4) is 11.8 Å². The molecule has 0 aliphatic heterocycles. The summed E-state index contributed by atoms with van der Waals surface area (Å²) in [6.07, 6.45) is -0.909. The van der Waals surface area contributed by atoms with Crippen LogP contribution in [0.1, 0.15) is 33.2 Å². The van der Waals surface area contributed by atoms with Crippen molar-refractivity contribution in [1.82, 2.24) is 9.71 Å². The fourth-order valence-corrected chi connectivity index (χ4v) is 4.23. The fourth-order valence-electron chi connectivity index (χ4n) is 3.04. The van der Waals surface area contributed by atoms with Crippen LogP contribution in [0, 0.1) is 18.7 Å². The lowest BCUT2D eigenvalue weighted by atomic mass is 10.1. The molecule has 166 valence electrons. The van der Waals surface area contributed by atoms with Crippen LogP contribution in [0.3, 0.4) is 0 Å². The first-order chi connectivity index (χ1) is 19.1. The summed E-state index contributed by atoms with van der Waals surface area (Å²) >= 11 is 0. The number of carboxylic acids is 1. The third kappa shape index (κ3) is 5.32. The number of aliphatic carboxylic acids is 1. The van der Waals surface area contributed by atoms with E-state index in [0.29, 0.717) is 11.1 Å². The molecule has 0 radical (unpaired) electrons. The second kappa shape index (κ2) is 9.33. The highest BCUT2D eigenvalue weighted by Crippen LogP contribution is 2.20. The Hall–Kier alpha value is -3.86. The van der Waals surface area contributed by atoms with Crippen LogP contribution in [-0.2, 0) is 21.2 Å². The third-order valence-electron chi connectivity index (χ3n) is 4.73. The molecule has 1 atom stereocenters. The van der Waals surface area contributed by atoms with E-state index in [4.69, 9.17) is 11.0 Å². The van der Waals surface area contributed by atoms with Crippen LogP contribution in [0.2, 0.25) is 0 Å². The number of nitrogens with one attached hydrogen (secondary N) is 2. The number of rotatable bonds is 6. The summed E-state index contributed by atoms with van der Waals surface area (Å²) < 4.78 is 90.4. The van der Waals surface area contributed by atoms with Crippen molar-refractivity contribution in [3.05, 3.63) is 101 Å². The Morgan fingerprint density at radius 1 is 1.09 bits per heavy atom. The number of H-pyrrole nitrogens is 1. The molecule has 1 heterocycles. The molecule has 0 bridgehead atoms. The Morgan fingerprint density at radius 2 is 1.73 bits per heavy atom. The highest BCUT2D eigenvalue weighted by Gasteiger charge is 2.26. The average molecular weight is 467 g/mol. The molecule has 0 fully saturated rings. The van der Waals surface area contributed by atoms with E-state index in [1.54, 1.807) is 12.1 Å². The highest BCUT2D eigenvalue weighted by atomic mass is 32.2. The van der Waals surface area contributed by atoms with Crippen molar-refractivity contribution in [3.63, 3.8) is 0 Å². The molecule has 4 aromatic rings. The number of fused-ring (bicyclic) bond motifs is 1. The van der Waals surface area contributed by atoms with Crippen LogP contribution in [0.5, 0.6) is 0 Å². The van der Waals surface area contributed by atoms with Gasteiger partial charge >= 0.3 is 5.97 Å². The zero-order chi connectivity index (χ0) is 30.3. The lowest BCUT2D eigenvalue weighted by Gasteiger charge is -2.14. The van der Waals surface area contributed by atoms with Gasteiger partial charge in [-0.25, -0.2) is 8.42 Å². The summed E-state index contributed by atoms with van der Waals surface area (Å²) in [7, 11) is -4.36. The molecule has 0 spiro atoms. The van der Waals surface area contributed by atoms with E-state index >= 15 is 0 Å². The van der Waals surface area contributed by atoms with Crippen molar-refractivity contribution in [1.29, 1.82) is 0 Å². The van der Waals surface area contributed by atoms with Crippen LogP contribution in [-0.4, -0.2) is 30.5 Å². The number of sulfonamides is 1. The standard InChI is InChI=1S/C26H22N2O4S/c1-18-6-8-19(9-7-18)10-11-20-12-14-22(15-13-20)33(31,32)28-25(26(29)30)16-21-17-27-24-5-3-2-4-23(21)24/h2-9,12-15,17,25,27-28H,16H2,1H3,(H,29,30)/t25-/m1/s1/i1D3,2D,3D,4D,5D,17D. The number of aryl methyl sites for hydroxylation is 1. The van der Waals surface area contributed by atoms with E-state index in [1.807, 2.05) is 0 Å². The minimum Gasteiger partial charge on any atom is -0.480 e. The molecule has 0 saturated heterocycles. The average Bonchev–Trinajstić information content (AvgIpc) is 3.24. The maximum absolute atomic E-state index is 13.0. The van der Waals surface area contributed by atoms with E-state index in [0.717, 1.165) is 0 Å². The summed E-state index contributed by atoms with van der Waals surface area (Å²) in [5.41, 5.74) is 1.03. The predicted octanol–water partition coefficient (Wildman–Crippen LogP) is 3.85. The molecule has 0 amide bonds. The van der Waals surface area contributed by atoms with Gasteiger partial charge in [-0.05, 0) is 54.9 Å². The maximum Gasteiger partial charge on any atom is 0.322 e. The molecule has 6 nitrogen and oxygen atoms in total. The first-order valence-corrected chi connectivity index (χ1v) is 11.1. The van der Waals surface area contributed by atoms with E-state index < -0.39 is 59.5 Å². The van der Waals surface area contributed by atoms with Gasteiger partial charge in [-0.15, -0.1) is 0 Å². The molecule has 7 heteroatoms. The zero-order valence-corrected chi connectivity index (χ0v) is 17.8. The Kier molecular flexibility index (Phi) is 4.05. The quantitative estimate of drug-likeness (QED) is 0.376. The molecular weight excluding hydrogens is 436 g/mol. The summed E-state index contributed by atoms with van der Waals surface area (Å²) in [5, 5.41) is 9.67. The number of para-hydroxylation sites is 1. The summed E-state index contributed by atoms with van der Waals surface area (Å²) in [6.45, 7) is -2.23. The van der Waals surface area contributed by atoms with Gasteiger partial charge in [0.1, 0.15) is 6.04 Å². The van der Waals surface area contributed by atoms with Gasteiger partial charge in [0.05, 0.1) is 11.7 Å². The van der Waals surface area contributed by atoms with Crippen LogP contribution in [0.4, 0.5) is 0 Å². The zero-order valence-electron chi connectivity index (χ0n) is 25.0. The Balaban J connectivity index is 1.56. The molecule has 3 aromatic carbocycles. The van der Waals surface area contributed by atoms with Crippen LogP contribution in [0.15, 0.2) is 83.8 Å². The summed E-state index contributed by atoms with van der Waals surface area (Å²) in [6, 6.07) is 7.61. The van der Waals surface area contributed by atoms with Gasteiger partial charge in [0.25, 0.3) is 0 Å². The lowest BCUT2D eigenvalue weighted by molar-refractivity contribution is -0.138. The topological polar surface area (TPSA) is 99.3 Å². The minimum absolute atomic E-state index is 0.0698. The van der Waals surface area contributed by atoms with Gasteiger partial charge in [-0.2, -0.15) is 4.72 Å². The second-order valence-electron chi connectivity index (χ2n) is 7.05. The van der Waals surface area contributed by atoms with Gasteiger partial charge in [0, 0.05) is 38.7 Å². The van der Waals surface area contributed by atoms with Gasteiger partial charge < -0.3 is 10.1 Å². The SMILES string of the molecule is [2H]c1[nH]c2c([2H])c([2H])c([2H])c([2H])c2c1C[C@@H](NS(=O)(=O)c1ccc(C#Cc2ccc(C([2H])([2H])[2H])cc2)cc1)C(=O)O. The Bertz CT molecular complexity index is 1820. The Morgan fingerprint density at radius 3 is 2.36 bits per heavy atom. The highest BCUT2D eigenvalue weighted by molar-refractivity contribution is 7.89. The van der Waals surface area contributed by atoms with Gasteiger partial charge in [-0.1, -0.05) is 47.7 Å². The van der Waals surface area contributed by atoms with Crippen molar-refractivity contribution in [2.45, 2.75) is 24.2 Å². The molecule has 3 N–H and O–H groups in total. The van der Waals surface area contributed by atoms with E-state index in [9.17, 15) is 18.3 Å². The maximum atomic E-state index is 13.0.